The maximum Gasteiger partial charge on any atom is 0.317 e. The lowest BCUT2D eigenvalue weighted by atomic mass is 9.79. The van der Waals surface area contributed by atoms with Crippen molar-refractivity contribution in [3.05, 3.63) is 71.1 Å². The topological polar surface area (TPSA) is 68.3 Å². The van der Waals surface area contributed by atoms with Crippen LogP contribution in [0, 0.1) is 11.6 Å². The van der Waals surface area contributed by atoms with Gasteiger partial charge in [0.1, 0.15) is 11.6 Å². The molecule has 0 spiro atoms. The van der Waals surface area contributed by atoms with Crippen LogP contribution in [-0.2, 0) is 19.7 Å². The number of nitrogens with zero attached hydrogens (tertiary/aromatic N) is 1. The summed E-state index contributed by atoms with van der Waals surface area (Å²) >= 11 is 1.22. The highest BCUT2D eigenvalue weighted by Gasteiger charge is 2.44. The van der Waals surface area contributed by atoms with Gasteiger partial charge in [0.2, 0.25) is 0 Å². The largest absolute Gasteiger partial charge is 0.455 e. The van der Waals surface area contributed by atoms with Crippen LogP contribution in [0.1, 0.15) is 31.2 Å². The Morgan fingerprint density at radius 1 is 1.00 bits per heavy atom. The van der Waals surface area contributed by atoms with Crippen molar-refractivity contribution >= 4 is 28.3 Å². The number of halogens is 2. The van der Waals surface area contributed by atoms with E-state index in [1.165, 1.54) is 35.6 Å². The van der Waals surface area contributed by atoms with Gasteiger partial charge in [0.05, 0.1) is 11.1 Å². The van der Waals surface area contributed by atoms with Crippen LogP contribution in [0.25, 0.3) is 11.3 Å². The molecule has 1 fully saturated rings. The lowest BCUT2D eigenvalue weighted by molar-refractivity contribution is -0.153. The van der Waals surface area contributed by atoms with Crippen molar-refractivity contribution in [2.75, 3.05) is 11.9 Å². The van der Waals surface area contributed by atoms with Gasteiger partial charge in [-0.05, 0) is 54.8 Å². The molecule has 1 heterocycles. The minimum Gasteiger partial charge on any atom is -0.455 e. The van der Waals surface area contributed by atoms with Gasteiger partial charge < -0.3 is 4.74 Å². The Labute approximate surface area is 182 Å². The van der Waals surface area contributed by atoms with Gasteiger partial charge in [-0.25, -0.2) is 13.8 Å². The van der Waals surface area contributed by atoms with Crippen LogP contribution in [0.15, 0.2) is 53.9 Å². The molecule has 0 unspecified atom stereocenters. The minimum atomic E-state index is -0.842. The van der Waals surface area contributed by atoms with Gasteiger partial charge in [0.15, 0.2) is 11.7 Å². The molecule has 1 aromatic heterocycles. The van der Waals surface area contributed by atoms with Gasteiger partial charge in [-0.2, -0.15) is 0 Å². The van der Waals surface area contributed by atoms with E-state index in [1.807, 2.05) is 0 Å². The quantitative estimate of drug-likeness (QED) is 0.541. The molecule has 5 nitrogen and oxygen atoms in total. The number of esters is 1. The first-order valence-electron chi connectivity index (χ1n) is 9.91. The highest BCUT2D eigenvalue weighted by molar-refractivity contribution is 7.14. The Bertz CT molecular complexity index is 1070. The number of thiazole rings is 1. The van der Waals surface area contributed by atoms with Crippen LogP contribution in [0.3, 0.4) is 0 Å². The molecule has 0 aliphatic heterocycles. The zero-order valence-electron chi connectivity index (χ0n) is 16.6. The first-order chi connectivity index (χ1) is 15.0. The van der Waals surface area contributed by atoms with E-state index in [9.17, 15) is 18.4 Å². The van der Waals surface area contributed by atoms with Crippen LogP contribution >= 0.6 is 11.3 Å². The Kier molecular flexibility index (Phi) is 6.08. The van der Waals surface area contributed by atoms with E-state index in [0.29, 0.717) is 29.2 Å². The molecule has 2 aromatic carbocycles. The fourth-order valence-corrected chi connectivity index (χ4v) is 4.60. The van der Waals surface area contributed by atoms with Gasteiger partial charge in [0, 0.05) is 10.9 Å². The molecule has 4 rings (SSSR count). The van der Waals surface area contributed by atoms with E-state index >= 15 is 0 Å². The molecule has 0 bridgehead atoms. The zero-order valence-corrected chi connectivity index (χ0v) is 17.4. The number of carbonyl (C=O) groups is 2. The molecule has 1 amide bonds. The minimum absolute atomic E-state index is 0.338. The summed E-state index contributed by atoms with van der Waals surface area (Å²) in [5, 5.41) is 4.72. The summed E-state index contributed by atoms with van der Waals surface area (Å²) in [4.78, 5) is 29.5. The summed E-state index contributed by atoms with van der Waals surface area (Å²) in [6.45, 7) is -0.437. The standard InChI is InChI=1S/C23H20F2N2O3S/c24-17-7-3-15(4-8-17)19-14-31-22(26-19)27-20(28)13-30-21(29)23(11-1-2-12-23)16-5-9-18(25)10-6-16/h3-10,14H,1-2,11-13H2,(H,26,27,28). The van der Waals surface area contributed by atoms with E-state index < -0.39 is 23.9 Å². The summed E-state index contributed by atoms with van der Waals surface area (Å²) in [6, 6.07) is 11.8. The van der Waals surface area contributed by atoms with Crippen molar-refractivity contribution in [3.63, 3.8) is 0 Å². The first-order valence-corrected chi connectivity index (χ1v) is 10.8. The maximum absolute atomic E-state index is 13.3. The van der Waals surface area contributed by atoms with E-state index in [-0.39, 0.29) is 11.6 Å². The highest BCUT2D eigenvalue weighted by Crippen LogP contribution is 2.42. The number of anilines is 1. The van der Waals surface area contributed by atoms with E-state index in [0.717, 1.165) is 18.4 Å². The van der Waals surface area contributed by atoms with Gasteiger partial charge >= 0.3 is 5.97 Å². The van der Waals surface area contributed by atoms with Crippen molar-refractivity contribution in [2.45, 2.75) is 31.1 Å². The smallest absolute Gasteiger partial charge is 0.317 e. The molecular formula is C23H20F2N2O3S. The number of hydrogen-bond donors (Lipinski definition) is 1. The number of hydrogen-bond acceptors (Lipinski definition) is 5. The molecule has 31 heavy (non-hydrogen) atoms. The van der Waals surface area contributed by atoms with Gasteiger partial charge in [0.25, 0.3) is 5.91 Å². The summed E-state index contributed by atoms with van der Waals surface area (Å²) in [5.41, 5.74) is 1.21. The molecule has 3 aromatic rings. The molecule has 0 atom stereocenters. The number of amides is 1. The molecule has 1 N–H and O–H groups in total. The Hall–Kier alpha value is -3.13. The van der Waals surface area contributed by atoms with Crippen molar-refractivity contribution in [1.29, 1.82) is 0 Å². The summed E-state index contributed by atoms with van der Waals surface area (Å²) in [7, 11) is 0. The summed E-state index contributed by atoms with van der Waals surface area (Å²) < 4.78 is 31.7. The van der Waals surface area contributed by atoms with Crippen LogP contribution in [0.5, 0.6) is 0 Å². The number of aromatic nitrogens is 1. The monoisotopic (exact) mass is 442 g/mol. The van der Waals surface area contributed by atoms with Crippen LogP contribution < -0.4 is 5.32 Å². The number of nitrogens with one attached hydrogen (secondary N) is 1. The lowest BCUT2D eigenvalue weighted by Crippen LogP contribution is -2.36. The lowest BCUT2D eigenvalue weighted by Gasteiger charge is -2.27. The van der Waals surface area contributed by atoms with Crippen molar-refractivity contribution in [2.24, 2.45) is 0 Å². The molecular weight excluding hydrogens is 422 g/mol. The van der Waals surface area contributed by atoms with E-state index in [2.05, 4.69) is 10.3 Å². The maximum atomic E-state index is 13.3. The Balaban J connectivity index is 1.37. The zero-order chi connectivity index (χ0) is 21.8. The number of benzene rings is 2. The fraction of sp³-hybridized carbons (Fsp3) is 0.261. The Morgan fingerprint density at radius 2 is 1.61 bits per heavy atom. The third-order valence-corrected chi connectivity index (χ3v) is 6.23. The molecule has 1 aliphatic rings. The number of carbonyl (C=O) groups excluding carboxylic acids is 2. The average Bonchev–Trinajstić information content (AvgIpc) is 3.44. The normalized spacial score (nSPS) is 14.9. The van der Waals surface area contributed by atoms with Crippen molar-refractivity contribution in [3.8, 4) is 11.3 Å². The second-order valence-corrected chi connectivity index (χ2v) is 8.32. The van der Waals surface area contributed by atoms with Crippen molar-refractivity contribution < 1.29 is 23.1 Å². The molecule has 1 saturated carbocycles. The molecule has 1 aliphatic carbocycles. The van der Waals surface area contributed by atoms with Crippen LogP contribution in [0.4, 0.5) is 13.9 Å². The average molecular weight is 442 g/mol. The highest BCUT2D eigenvalue weighted by atomic mass is 32.1. The number of rotatable bonds is 6. The first kappa shape index (κ1) is 21.1. The molecule has 160 valence electrons. The molecule has 8 heteroatoms. The van der Waals surface area contributed by atoms with E-state index in [1.54, 1.807) is 29.6 Å². The van der Waals surface area contributed by atoms with Gasteiger partial charge in [-0.1, -0.05) is 25.0 Å². The predicted molar refractivity (Wildman–Crippen MR) is 114 cm³/mol. The van der Waals surface area contributed by atoms with Crippen LogP contribution in [0.2, 0.25) is 0 Å². The van der Waals surface area contributed by atoms with E-state index in [4.69, 9.17) is 4.74 Å². The number of ether oxygens (including phenoxy) is 1. The third-order valence-electron chi connectivity index (χ3n) is 5.47. The molecule has 0 saturated heterocycles. The summed E-state index contributed by atoms with van der Waals surface area (Å²) in [6.07, 6.45) is 2.94. The molecule has 0 radical (unpaired) electrons. The second kappa shape index (κ2) is 8.93. The van der Waals surface area contributed by atoms with Crippen LogP contribution in [-0.4, -0.2) is 23.5 Å². The fourth-order valence-electron chi connectivity index (χ4n) is 3.87. The SMILES string of the molecule is O=C(COC(=O)C1(c2ccc(F)cc2)CCCC1)Nc1nc(-c2ccc(F)cc2)cs1. The van der Waals surface area contributed by atoms with Crippen molar-refractivity contribution in [1.82, 2.24) is 4.98 Å². The predicted octanol–water partition coefficient (Wildman–Crippen LogP) is 5.08. The second-order valence-electron chi connectivity index (χ2n) is 7.47. The van der Waals surface area contributed by atoms with Gasteiger partial charge in [-0.3, -0.25) is 14.9 Å². The van der Waals surface area contributed by atoms with Gasteiger partial charge in [-0.15, -0.1) is 11.3 Å². The Morgan fingerprint density at radius 3 is 2.26 bits per heavy atom. The third kappa shape index (κ3) is 4.64. The summed E-state index contributed by atoms with van der Waals surface area (Å²) in [5.74, 6) is -1.68.